The van der Waals surface area contributed by atoms with Gasteiger partial charge in [-0.05, 0) is 103 Å². The van der Waals surface area contributed by atoms with Crippen molar-refractivity contribution in [2.24, 2.45) is 0 Å². The van der Waals surface area contributed by atoms with E-state index in [1.807, 2.05) is 0 Å². The van der Waals surface area contributed by atoms with Crippen LogP contribution < -0.4 is 0 Å². The maximum absolute atomic E-state index is 2.47. The van der Waals surface area contributed by atoms with E-state index < -0.39 is 0 Å². The third-order valence-corrected chi connectivity index (χ3v) is 10.3. The first kappa shape index (κ1) is 24.1. The summed E-state index contributed by atoms with van der Waals surface area (Å²) in [4.78, 5) is 0. The van der Waals surface area contributed by atoms with E-state index in [1.165, 1.54) is 93.9 Å². The van der Waals surface area contributed by atoms with Gasteiger partial charge < -0.3 is 4.57 Å². The lowest BCUT2D eigenvalue weighted by atomic mass is 9.82. The van der Waals surface area contributed by atoms with Crippen LogP contribution in [0.25, 0.3) is 82.8 Å². The fourth-order valence-corrected chi connectivity index (χ4v) is 8.24. The number of para-hydroxylation sites is 1. The van der Waals surface area contributed by atoms with Crippen molar-refractivity contribution < 1.29 is 0 Å². The highest BCUT2D eigenvalue weighted by Gasteiger charge is 2.36. The Balaban J connectivity index is 1.18. The Morgan fingerprint density at radius 1 is 0.432 bits per heavy atom. The van der Waals surface area contributed by atoms with Gasteiger partial charge in [0.05, 0.1) is 11.0 Å². The molecule has 1 heterocycles. The van der Waals surface area contributed by atoms with E-state index in [0.29, 0.717) is 0 Å². The van der Waals surface area contributed by atoms with E-state index in [9.17, 15) is 0 Å². The highest BCUT2D eigenvalue weighted by molar-refractivity contribution is 6.16. The number of aromatic nitrogens is 1. The molecule has 7 aromatic carbocycles. The molecule has 0 saturated carbocycles. The van der Waals surface area contributed by atoms with Gasteiger partial charge in [-0.2, -0.15) is 0 Å². The van der Waals surface area contributed by atoms with Crippen LogP contribution in [-0.4, -0.2) is 4.57 Å². The predicted molar refractivity (Wildman–Crippen MR) is 186 cm³/mol. The van der Waals surface area contributed by atoms with Gasteiger partial charge in [-0.1, -0.05) is 117 Å². The fraction of sp³-hybridized carbons (Fsp3) is 0.0698. The van der Waals surface area contributed by atoms with Crippen molar-refractivity contribution in [1.82, 2.24) is 4.57 Å². The van der Waals surface area contributed by atoms with E-state index in [0.717, 1.165) is 0 Å². The van der Waals surface area contributed by atoms with E-state index >= 15 is 0 Å². The Bertz CT molecular complexity index is 2520. The molecule has 0 aliphatic heterocycles. The molecule has 0 unspecified atom stereocenters. The molecule has 0 N–H and O–H groups in total. The van der Waals surface area contributed by atoms with Crippen molar-refractivity contribution in [3.63, 3.8) is 0 Å². The first-order valence-electron chi connectivity index (χ1n) is 15.5. The fourth-order valence-electron chi connectivity index (χ4n) is 8.24. The molecule has 0 bridgehead atoms. The molecule has 1 aromatic heterocycles. The summed E-state index contributed by atoms with van der Waals surface area (Å²) in [5.74, 6) is 0. The SMILES string of the molecule is CC1(C)c2ccccc2-c2cc3c4ccccc4n(-c4cccc(-c5ccc6c(c5)-c5cccc7cccc-6c57)c4)c3cc21. The summed E-state index contributed by atoms with van der Waals surface area (Å²) in [6.07, 6.45) is 0. The van der Waals surface area contributed by atoms with Crippen molar-refractivity contribution in [1.29, 1.82) is 0 Å². The molecule has 1 nitrogen and oxygen atoms in total. The molecule has 0 atom stereocenters. The van der Waals surface area contributed by atoms with E-state index in [4.69, 9.17) is 0 Å². The molecule has 10 rings (SSSR count). The summed E-state index contributed by atoms with van der Waals surface area (Å²) >= 11 is 0. The average Bonchev–Trinajstić information content (AvgIpc) is 3.65. The third kappa shape index (κ3) is 3.04. The van der Waals surface area contributed by atoms with Crippen LogP contribution in [0.4, 0.5) is 0 Å². The molecule has 0 amide bonds. The summed E-state index contributed by atoms with van der Waals surface area (Å²) < 4.78 is 2.47. The topological polar surface area (TPSA) is 4.93 Å². The molecule has 0 radical (unpaired) electrons. The zero-order chi connectivity index (χ0) is 29.2. The molecule has 2 aliphatic carbocycles. The van der Waals surface area contributed by atoms with Crippen LogP contribution in [0.15, 0.2) is 140 Å². The predicted octanol–water partition coefficient (Wildman–Crippen LogP) is 11.6. The summed E-state index contributed by atoms with van der Waals surface area (Å²) in [5.41, 5.74) is 17.0. The molecule has 206 valence electrons. The van der Waals surface area contributed by atoms with Crippen LogP contribution in [0, 0.1) is 0 Å². The van der Waals surface area contributed by atoms with Gasteiger partial charge in [0.1, 0.15) is 0 Å². The molecule has 0 fully saturated rings. The van der Waals surface area contributed by atoms with Gasteiger partial charge in [-0.15, -0.1) is 0 Å². The number of benzene rings is 7. The van der Waals surface area contributed by atoms with Crippen molar-refractivity contribution in [3.8, 4) is 50.2 Å². The summed E-state index contributed by atoms with van der Waals surface area (Å²) in [7, 11) is 0. The van der Waals surface area contributed by atoms with Crippen molar-refractivity contribution in [2.45, 2.75) is 19.3 Å². The summed E-state index contributed by atoms with van der Waals surface area (Å²) in [6, 6.07) is 52.1. The van der Waals surface area contributed by atoms with Gasteiger partial charge in [0.15, 0.2) is 0 Å². The molecule has 44 heavy (non-hydrogen) atoms. The third-order valence-electron chi connectivity index (χ3n) is 10.3. The first-order chi connectivity index (χ1) is 21.6. The van der Waals surface area contributed by atoms with E-state index in [1.54, 1.807) is 0 Å². The lowest BCUT2D eigenvalue weighted by Gasteiger charge is -2.21. The highest BCUT2D eigenvalue weighted by Crippen LogP contribution is 2.51. The maximum Gasteiger partial charge on any atom is 0.0544 e. The zero-order valence-electron chi connectivity index (χ0n) is 24.7. The standard InChI is InChI=1S/C43H29N/c1-43(2)38-18-5-3-14-31(38)36-24-37-32-15-4-6-19-40(32)44(41(37)25-39(36)43)29-13-7-12-27(22-29)28-20-21-30-33-16-8-10-26-11-9-17-34(42(26)33)35(30)23-28/h3-25H,1-2H3. The quantitative estimate of drug-likeness (QED) is 0.198. The molecule has 1 heteroatoms. The largest absolute Gasteiger partial charge is 0.309 e. The number of hydrogen-bond acceptors (Lipinski definition) is 0. The second kappa shape index (κ2) is 8.36. The lowest BCUT2D eigenvalue weighted by Crippen LogP contribution is -2.14. The lowest BCUT2D eigenvalue weighted by molar-refractivity contribution is 0.661. The molecule has 2 aliphatic rings. The highest BCUT2D eigenvalue weighted by atomic mass is 15.0. The monoisotopic (exact) mass is 559 g/mol. The van der Waals surface area contributed by atoms with Crippen LogP contribution in [0.3, 0.4) is 0 Å². The summed E-state index contributed by atoms with van der Waals surface area (Å²) in [5, 5.41) is 5.28. The normalized spacial score (nSPS) is 13.9. The minimum Gasteiger partial charge on any atom is -0.309 e. The molecule has 0 spiro atoms. The Kier molecular flexibility index (Phi) is 4.58. The van der Waals surface area contributed by atoms with Gasteiger partial charge >= 0.3 is 0 Å². The maximum atomic E-state index is 2.47. The van der Waals surface area contributed by atoms with Gasteiger partial charge in [0.2, 0.25) is 0 Å². The van der Waals surface area contributed by atoms with Crippen LogP contribution in [-0.2, 0) is 5.41 Å². The van der Waals surface area contributed by atoms with Gasteiger partial charge in [-0.25, -0.2) is 0 Å². The number of rotatable bonds is 2. The van der Waals surface area contributed by atoms with Crippen LogP contribution in [0.1, 0.15) is 25.0 Å². The van der Waals surface area contributed by atoms with E-state index in [-0.39, 0.29) is 5.41 Å². The van der Waals surface area contributed by atoms with Gasteiger partial charge in [-0.3, -0.25) is 0 Å². The second-order valence-corrected chi connectivity index (χ2v) is 13.0. The minimum atomic E-state index is -0.0475. The average molecular weight is 560 g/mol. The minimum absolute atomic E-state index is 0.0475. The smallest absolute Gasteiger partial charge is 0.0544 e. The van der Waals surface area contributed by atoms with Crippen LogP contribution >= 0.6 is 0 Å². The van der Waals surface area contributed by atoms with Crippen molar-refractivity contribution in [3.05, 3.63) is 151 Å². The molecular weight excluding hydrogens is 530 g/mol. The van der Waals surface area contributed by atoms with Crippen molar-refractivity contribution >= 4 is 32.6 Å². The van der Waals surface area contributed by atoms with E-state index in [2.05, 4.69) is 158 Å². The Morgan fingerprint density at radius 2 is 1.16 bits per heavy atom. The second-order valence-electron chi connectivity index (χ2n) is 13.0. The van der Waals surface area contributed by atoms with Gasteiger partial charge in [0.25, 0.3) is 0 Å². The number of fused-ring (bicyclic) bond motifs is 9. The Labute approximate surface area is 256 Å². The molecule has 8 aromatic rings. The number of nitrogens with zero attached hydrogens (tertiary/aromatic N) is 1. The summed E-state index contributed by atoms with van der Waals surface area (Å²) in [6.45, 7) is 4.73. The first-order valence-corrected chi connectivity index (χ1v) is 15.5. The molecule has 0 saturated heterocycles. The van der Waals surface area contributed by atoms with Crippen LogP contribution in [0.2, 0.25) is 0 Å². The molecular formula is C43H29N. The Morgan fingerprint density at radius 3 is 2.05 bits per heavy atom. The van der Waals surface area contributed by atoms with Crippen molar-refractivity contribution in [2.75, 3.05) is 0 Å². The van der Waals surface area contributed by atoms with Crippen LogP contribution in [0.5, 0.6) is 0 Å². The Hall–Kier alpha value is -5.40. The number of hydrogen-bond donors (Lipinski definition) is 0. The van der Waals surface area contributed by atoms with Gasteiger partial charge in [0, 0.05) is 21.9 Å². The zero-order valence-corrected chi connectivity index (χ0v) is 24.7.